The maximum absolute atomic E-state index is 5.76. The molecular weight excluding hydrogens is 322 g/mol. The molecule has 1 N–H and O–H groups in total. The minimum atomic E-state index is -0.000116. The van der Waals surface area contributed by atoms with E-state index in [1.165, 1.54) is 0 Å². The lowest BCUT2D eigenvalue weighted by molar-refractivity contribution is 0.0482. The third-order valence-electron chi connectivity index (χ3n) is 4.48. The van der Waals surface area contributed by atoms with E-state index in [1.54, 1.807) is 7.11 Å². The van der Waals surface area contributed by atoms with Crippen LogP contribution in [0.5, 0.6) is 0 Å². The molecule has 7 heteroatoms. The van der Waals surface area contributed by atoms with Crippen molar-refractivity contribution in [1.29, 1.82) is 0 Å². The SMILES string of the molecule is COCc1ccc(CN[C@@H](c2nc(C(C)C)no2)C2CCOCC2)o1. The van der Waals surface area contributed by atoms with Crippen LogP contribution < -0.4 is 5.32 Å². The molecule has 0 unspecified atom stereocenters. The average molecular weight is 349 g/mol. The van der Waals surface area contributed by atoms with Gasteiger partial charge in [0.05, 0.1) is 12.6 Å². The van der Waals surface area contributed by atoms with Crippen molar-refractivity contribution >= 4 is 0 Å². The highest BCUT2D eigenvalue weighted by Crippen LogP contribution is 2.30. The second-order valence-electron chi connectivity index (χ2n) is 6.75. The van der Waals surface area contributed by atoms with Gasteiger partial charge < -0.3 is 18.4 Å². The number of nitrogens with zero attached hydrogens (tertiary/aromatic N) is 2. The Hall–Kier alpha value is -1.70. The highest BCUT2D eigenvalue weighted by molar-refractivity contribution is 5.07. The first-order valence-electron chi connectivity index (χ1n) is 8.88. The molecule has 0 radical (unpaired) electrons. The van der Waals surface area contributed by atoms with Gasteiger partial charge in [-0.3, -0.25) is 5.32 Å². The van der Waals surface area contributed by atoms with Crippen LogP contribution in [0.2, 0.25) is 0 Å². The standard InChI is InChI=1S/C18H27N3O4/c1-12(2)17-20-18(25-21-17)16(13-6-8-23-9-7-13)19-10-14-4-5-15(24-14)11-22-3/h4-5,12-13,16,19H,6-11H2,1-3H3/t16-/m1/s1. The van der Waals surface area contributed by atoms with Gasteiger partial charge in [-0.15, -0.1) is 0 Å². The van der Waals surface area contributed by atoms with Crippen molar-refractivity contribution in [2.75, 3.05) is 20.3 Å². The van der Waals surface area contributed by atoms with Crippen LogP contribution in [0.3, 0.4) is 0 Å². The summed E-state index contributed by atoms with van der Waals surface area (Å²) in [5.41, 5.74) is 0. The van der Waals surface area contributed by atoms with Crippen LogP contribution in [0.1, 0.15) is 61.9 Å². The van der Waals surface area contributed by atoms with Gasteiger partial charge in [0.25, 0.3) is 0 Å². The normalized spacial score (nSPS) is 17.3. The quantitative estimate of drug-likeness (QED) is 0.783. The fourth-order valence-corrected chi connectivity index (χ4v) is 3.06. The molecule has 2 aromatic heterocycles. The van der Waals surface area contributed by atoms with Crippen molar-refractivity contribution in [3.63, 3.8) is 0 Å². The Labute approximate surface area is 148 Å². The molecule has 3 rings (SSSR count). The van der Waals surface area contributed by atoms with E-state index < -0.39 is 0 Å². The van der Waals surface area contributed by atoms with Crippen molar-refractivity contribution < 1.29 is 18.4 Å². The molecule has 7 nitrogen and oxygen atoms in total. The number of hydrogen-bond acceptors (Lipinski definition) is 7. The third-order valence-corrected chi connectivity index (χ3v) is 4.48. The lowest BCUT2D eigenvalue weighted by atomic mass is 9.91. The van der Waals surface area contributed by atoms with Gasteiger partial charge in [-0.25, -0.2) is 0 Å². The zero-order valence-corrected chi connectivity index (χ0v) is 15.2. The number of nitrogens with one attached hydrogen (secondary N) is 1. The molecule has 2 aromatic rings. The number of rotatable bonds is 8. The molecule has 0 spiro atoms. The third kappa shape index (κ3) is 4.68. The molecule has 1 aliphatic rings. The van der Waals surface area contributed by atoms with Crippen molar-refractivity contribution in [3.05, 3.63) is 35.4 Å². The fraction of sp³-hybridized carbons (Fsp3) is 0.667. The zero-order valence-electron chi connectivity index (χ0n) is 15.2. The first kappa shape index (κ1) is 18.1. The minimum absolute atomic E-state index is 0.000116. The van der Waals surface area contributed by atoms with Gasteiger partial charge in [0, 0.05) is 26.2 Å². The lowest BCUT2D eigenvalue weighted by Crippen LogP contribution is -2.32. The summed E-state index contributed by atoms with van der Waals surface area (Å²) in [5.74, 6) is 3.74. The lowest BCUT2D eigenvalue weighted by Gasteiger charge is -2.28. The molecule has 1 fully saturated rings. The van der Waals surface area contributed by atoms with Crippen molar-refractivity contribution in [2.45, 2.75) is 51.8 Å². The highest BCUT2D eigenvalue weighted by atomic mass is 16.5. The molecule has 25 heavy (non-hydrogen) atoms. The number of methoxy groups -OCH3 is 1. The highest BCUT2D eigenvalue weighted by Gasteiger charge is 2.30. The first-order valence-corrected chi connectivity index (χ1v) is 8.88. The Kier molecular flexibility index (Phi) is 6.23. The molecule has 0 aromatic carbocycles. The van der Waals surface area contributed by atoms with E-state index in [1.807, 2.05) is 12.1 Å². The minimum Gasteiger partial charge on any atom is -0.462 e. The van der Waals surface area contributed by atoms with Gasteiger partial charge in [0.1, 0.15) is 18.1 Å². The summed E-state index contributed by atoms with van der Waals surface area (Å²) in [6, 6.07) is 3.91. The predicted octanol–water partition coefficient (Wildman–Crippen LogP) is 3.19. The summed E-state index contributed by atoms with van der Waals surface area (Å²) < 4.78 is 21.9. The summed E-state index contributed by atoms with van der Waals surface area (Å²) in [7, 11) is 1.66. The second-order valence-corrected chi connectivity index (χ2v) is 6.75. The number of aromatic nitrogens is 2. The van der Waals surface area contributed by atoms with E-state index in [4.69, 9.17) is 18.4 Å². The van der Waals surface area contributed by atoms with Crippen LogP contribution >= 0.6 is 0 Å². The molecule has 1 saturated heterocycles. The predicted molar refractivity (Wildman–Crippen MR) is 90.9 cm³/mol. The van der Waals surface area contributed by atoms with Gasteiger partial charge in [0.2, 0.25) is 5.89 Å². The Balaban J connectivity index is 1.70. The maximum Gasteiger partial charge on any atom is 0.244 e. The number of hydrogen-bond donors (Lipinski definition) is 1. The van der Waals surface area contributed by atoms with E-state index in [0.29, 0.717) is 25.0 Å². The number of furan rings is 1. The average Bonchev–Trinajstić information content (AvgIpc) is 3.26. The van der Waals surface area contributed by atoms with Crippen LogP contribution in [0, 0.1) is 5.92 Å². The molecule has 0 aliphatic carbocycles. The Bertz CT molecular complexity index is 646. The molecule has 138 valence electrons. The zero-order chi connectivity index (χ0) is 17.6. The van der Waals surface area contributed by atoms with Gasteiger partial charge in [-0.2, -0.15) is 4.98 Å². The summed E-state index contributed by atoms with van der Waals surface area (Å²) in [6.45, 7) is 6.74. The van der Waals surface area contributed by atoms with Gasteiger partial charge in [0.15, 0.2) is 5.82 Å². The van der Waals surface area contributed by atoms with Gasteiger partial charge >= 0.3 is 0 Å². The van der Waals surface area contributed by atoms with E-state index in [2.05, 4.69) is 29.3 Å². The number of ether oxygens (including phenoxy) is 2. The van der Waals surface area contributed by atoms with Crippen LogP contribution in [0.25, 0.3) is 0 Å². The summed E-state index contributed by atoms with van der Waals surface area (Å²) >= 11 is 0. The fourth-order valence-electron chi connectivity index (χ4n) is 3.06. The monoisotopic (exact) mass is 349 g/mol. The second kappa shape index (κ2) is 8.60. The molecule has 1 atom stereocenters. The molecule has 0 amide bonds. The van der Waals surface area contributed by atoms with Crippen LogP contribution in [0.15, 0.2) is 21.1 Å². The van der Waals surface area contributed by atoms with Crippen LogP contribution in [-0.4, -0.2) is 30.5 Å². The topological polar surface area (TPSA) is 82.5 Å². The Morgan fingerprint density at radius 3 is 2.68 bits per heavy atom. The van der Waals surface area contributed by atoms with Gasteiger partial charge in [-0.05, 0) is 30.9 Å². The van der Waals surface area contributed by atoms with Crippen LogP contribution in [0.4, 0.5) is 0 Å². The summed E-state index contributed by atoms with van der Waals surface area (Å²) in [4.78, 5) is 4.60. The Morgan fingerprint density at radius 1 is 1.24 bits per heavy atom. The molecule has 1 aliphatic heterocycles. The van der Waals surface area contributed by atoms with Gasteiger partial charge in [-0.1, -0.05) is 19.0 Å². The van der Waals surface area contributed by atoms with E-state index in [9.17, 15) is 0 Å². The molecule has 3 heterocycles. The van der Waals surface area contributed by atoms with Crippen molar-refractivity contribution in [3.8, 4) is 0 Å². The van der Waals surface area contributed by atoms with Crippen LogP contribution in [-0.2, 0) is 22.6 Å². The largest absolute Gasteiger partial charge is 0.462 e. The first-order chi connectivity index (χ1) is 12.2. The van der Waals surface area contributed by atoms with Crippen molar-refractivity contribution in [2.24, 2.45) is 5.92 Å². The summed E-state index contributed by atoms with van der Waals surface area (Å²) in [5, 5.41) is 7.66. The molecular formula is C18H27N3O4. The van der Waals surface area contributed by atoms with E-state index in [-0.39, 0.29) is 12.0 Å². The van der Waals surface area contributed by atoms with Crippen molar-refractivity contribution in [1.82, 2.24) is 15.5 Å². The maximum atomic E-state index is 5.76. The molecule has 0 bridgehead atoms. The van der Waals surface area contributed by atoms with E-state index >= 15 is 0 Å². The smallest absolute Gasteiger partial charge is 0.244 e. The summed E-state index contributed by atoms with van der Waals surface area (Å²) in [6.07, 6.45) is 1.95. The molecule has 0 saturated carbocycles. The Morgan fingerprint density at radius 2 is 2.00 bits per heavy atom. The van der Waals surface area contributed by atoms with E-state index in [0.717, 1.165) is 43.4 Å².